The van der Waals surface area contributed by atoms with Gasteiger partial charge in [-0.2, -0.15) is 0 Å². The molecule has 2 aliphatic rings. The molecule has 1 aliphatic carbocycles. The van der Waals surface area contributed by atoms with Gasteiger partial charge in [-0.25, -0.2) is 0 Å². The maximum absolute atomic E-state index is 12.3. The Labute approximate surface area is 160 Å². The number of ketones is 1. The molecular weight excluding hydrogens is 338 g/mol. The molecule has 1 unspecified atom stereocenters. The van der Waals surface area contributed by atoms with Gasteiger partial charge in [0, 0.05) is 38.0 Å². The van der Waals surface area contributed by atoms with E-state index in [0.717, 1.165) is 38.9 Å². The molecule has 0 bridgehead atoms. The zero-order valence-corrected chi connectivity index (χ0v) is 15.6. The van der Waals surface area contributed by atoms with Crippen LogP contribution >= 0.6 is 0 Å². The van der Waals surface area contributed by atoms with Crippen molar-refractivity contribution in [3.8, 4) is 5.75 Å². The number of rotatable bonds is 6. The molecule has 4 rings (SSSR count). The SMILES string of the molecule is O=C(CCN1C[C@@H]2CC(O)(Cc3ccccc3)C[C@@H]2C1)c1ccc(O)cc1. The van der Waals surface area contributed by atoms with Crippen molar-refractivity contribution in [1.29, 1.82) is 0 Å². The number of aromatic hydroxyl groups is 1. The van der Waals surface area contributed by atoms with Crippen molar-refractivity contribution < 1.29 is 15.0 Å². The summed E-state index contributed by atoms with van der Waals surface area (Å²) in [6.45, 7) is 2.72. The van der Waals surface area contributed by atoms with Gasteiger partial charge >= 0.3 is 0 Å². The van der Waals surface area contributed by atoms with Crippen molar-refractivity contribution in [1.82, 2.24) is 4.90 Å². The second-order valence-electron chi connectivity index (χ2n) is 8.29. The molecule has 4 nitrogen and oxygen atoms in total. The van der Waals surface area contributed by atoms with Crippen LogP contribution in [0.2, 0.25) is 0 Å². The maximum Gasteiger partial charge on any atom is 0.164 e. The number of Topliss-reactive ketones (excluding diaryl/α,β-unsaturated/α-hetero) is 1. The molecular formula is C23H27NO3. The number of benzene rings is 2. The molecule has 2 aromatic rings. The Bertz CT molecular complexity index is 773. The zero-order valence-electron chi connectivity index (χ0n) is 15.6. The van der Waals surface area contributed by atoms with E-state index in [-0.39, 0.29) is 11.5 Å². The molecule has 2 fully saturated rings. The molecule has 0 aromatic heterocycles. The third kappa shape index (κ3) is 4.23. The van der Waals surface area contributed by atoms with Crippen LogP contribution in [0.25, 0.3) is 0 Å². The lowest BCUT2D eigenvalue weighted by molar-refractivity contribution is 0.0353. The molecule has 1 saturated heterocycles. The van der Waals surface area contributed by atoms with Gasteiger partial charge in [-0.05, 0) is 54.5 Å². The van der Waals surface area contributed by atoms with E-state index in [1.807, 2.05) is 18.2 Å². The topological polar surface area (TPSA) is 60.8 Å². The molecule has 0 spiro atoms. The molecule has 27 heavy (non-hydrogen) atoms. The van der Waals surface area contributed by atoms with Gasteiger partial charge in [-0.3, -0.25) is 4.79 Å². The number of carbonyl (C=O) groups is 1. The molecule has 142 valence electrons. The highest BCUT2D eigenvalue weighted by Gasteiger charge is 2.47. The lowest BCUT2D eigenvalue weighted by Crippen LogP contribution is -2.32. The van der Waals surface area contributed by atoms with Crippen LogP contribution in [0, 0.1) is 11.8 Å². The van der Waals surface area contributed by atoms with Crippen LogP contribution in [0.5, 0.6) is 5.75 Å². The van der Waals surface area contributed by atoms with Gasteiger partial charge in [0.25, 0.3) is 0 Å². The Balaban J connectivity index is 1.27. The average Bonchev–Trinajstić information content (AvgIpc) is 3.15. The lowest BCUT2D eigenvalue weighted by Gasteiger charge is -2.26. The summed E-state index contributed by atoms with van der Waals surface area (Å²) >= 11 is 0. The number of phenolic OH excluding ortho intramolecular Hbond substituents is 1. The average molecular weight is 365 g/mol. The minimum atomic E-state index is -0.579. The van der Waals surface area contributed by atoms with Crippen molar-refractivity contribution >= 4 is 5.78 Å². The lowest BCUT2D eigenvalue weighted by atomic mass is 9.91. The summed E-state index contributed by atoms with van der Waals surface area (Å²) in [7, 11) is 0. The van der Waals surface area contributed by atoms with E-state index >= 15 is 0 Å². The summed E-state index contributed by atoms with van der Waals surface area (Å²) in [5.41, 5.74) is 1.28. The van der Waals surface area contributed by atoms with E-state index in [2.05, 4.69) is 17.0 Å². The fourth-order valence-corrected chi connectivity index (χ4v) is 4.91. The normalized spacial score (nSPS) is 27.6. The molecule has 1 aliphatic heterocycles. The zero-order chi connectivity index (χ0) is 18.9. The highest BCUT2D eigenvalue weighted by Crippen LogP contribution is 2.45. The number of fused-ring (bicyclic) bond motifs is 1. The molecule has 3 atom stereocenters. The van der Waals surface area contributed by atoms with Gasteiger partial charge < -0.3 is 15.1 Å². The fraction of sp³-hybridized carbons (Fsp3) is 0.435. The standard InChI is InChI=1S/C23H27NO3/c25-21-8-6-18(7-9-21)22(26)10-11-24-15-19-13-23(27,14-20(19)16-24)12-17-4-2-1-3-5-17/h1-9,19-20,25,27H,10-16H2/t19-,20+,23?. The largest absolute Gasteiger partial charge is 0.508 e. The maximum atomic E-state index is 12.3. The van der Waals surface area contributed by atoms with Crippen LogP contribution in [-0.2, 0) is 6.42 Å². The first-order chi connectivity index (χ1) is 13.0. The highest BCUT2D eigenvalue weighted by atomic mass is 16.3. The van der Waals surface area contributed by atoms with Gasteiger partial charge in [-0.15, -0.1) is 0 Å². The van der Waals surface area contributed by atoms with Crippen molar-refractivity contribution in [2.24, 2.45) is 11.8 Å². The number of nitrogens with zero attached hydrogens (tertiary/aromatic N) is 1. The smallest absolute Gasteiger partial charge is 0.164 e. The highest BCUT2D eigenvalue weighted by molar-refractivity contribution is 5.96. The van der Waals surface area contributed by atoms with Gasteiger partial charge in [0.1, 0.15) is 5.75 Å². The molecule has 2 N–H and O–H groups in total. The first-order valence-corrected chi connectivity index (χ1v) is 9.82. The number of hydrogen-bond donors (Lipinski definition) is 2. The predicted molar refractivity (Wildman–Crippen MR) is 105 cm³/mol. The number of aliphatic hydroxyl groups is 1. The van der Waals surface area contributed by atoms with Crippen LogP contribution in [0.4, 0.5) is 0 Å². The first-order valence-electron chi connectivity index (χ1n) is 9.82. The van der Waals surface area contributed by atoms with Crippen molar-refractivity contribution in [2.75, 3.05) is 19.6 Å². The molecule has 2 aromatic carbocycles. The second kappa shape index (κ2) is 7.45. The number of carbonyl (C=O) groups excluding carboxylic acids is 1. The van der Waals surface area contributed by atoms with Crippen LogP contribution in [0.1, 0.15) is 35.2 Å². The number of hydrogen-bond acceptors (Lipinski definition) is 4. The van der Waals surface area contributed by atoms with Crippen LogP contribution in [0.3, 0.4) is 0 Å². The summed E-state index contributed by atoms with van der Waals surface area (Å²) in [4.78, 5) is 14.7. The molecule has 0 radical (unpaired) electrons. The third-order valence-electron chi connectivity index (χ3n) is 6.16. The van der Waals surface area contributed by atoms with E-state index in [1.165, 1.54) is 5.56 Å². The first kappa shape index (κ1) is 18.2. The van der Waals surface area contributed by atoms with Crippen LogP contribution in [-0.4, -0.2) is 46.1 Å². The summed E-state index contributed by atoms with van der Waals surface area (Å²) in [6.07, 6.45) is 2.95. The number of likely N-dealkylation sites (tertiary alicyclic amines) is 1. The van der Waals surface area contributed by atoms with E-state index in [1.54, 1.807) is 24.3 Å². The van der Waals surface area contributed by atoms with Crippen LogP contribution in [0.15, 0.2) is 54.6 Å². The molecule has 1 heterocycles. The summed E-state index contributed by atoms with van der Waals surface area (Å²) in [5, 5.41) is 20.4. The van der Waals surface area contributed by atoms with Crippen molar-refractivity contribution in [2.45, 2.75) is 31.3 Å². The minimum absolute atomic E-state index is 0.118. The summed E-state index contributed by atoms with van der Waals surface area (Å²) in [5.74, 6) is 1.36. The summed E-state index contributed by atoms with van der Waals surface area (Å²) < 4.78 is 0. The monoisotopic (exact) mass is 365 g/mol. The van der Waals surface area contributed by atoms with Gasteiger partial charge in [-0.1, -0.05) is 30.3 Å². The number of phenols is 1. The minimum Gasteiger partial charge on any atom is -0.508 e. The molecule has 1 saturated carbocycles. The quantitative estimate of drug-likeness (QED) is 0.772. The van der Waals surface area contributed by atoms with Gasteiger partial charge in [0.05, 0.1) is 5.60 Å². The Morgan fingerprint density at radius 2 is 1.63 bits per heavy atom. The fourth-order valence-electron chi connectivity index (χ4n) is 4.91. The van der Waals surface area contributed by atoms with Gasteiger partial charge in [0.2, 0.25) is 0 Å². The van der Waals surface area contributed by atoms with E-state index in [0.29, 0.717) is 23.8 Å². The molecule has 0 amide bonds. The molecule has 4 heteroatoms. The predicted octanol–water partition coefficient (Wildman–Crippen LogP) is 3.28. The van der Waals surface area contributed by atoms with Crippen molar-refractivity contribution in [3.63, 3.8) is 0 Å². The Morgan fingerprint density at radius 1 is 1.00 bits per heavy atom. The Morgan fingerprint density at radius 3 is 2.26 bits per heavy atom. The third-order valence-corrected chi connectivity index (χ3v) is 6.16. The van der Waals surface area contributed by atoms with Gasteiger partial charge in [0.15, 0.2) is 5.78 Å². The Kier molecular flexibility index (Phi) is 5.02. The van der Waals surface area contributed by atoms with E-state index < -0.39 is 5.60 Å². The summed E-state index contributed by atoms with van der Waals surface area (Å²) in [6, 6.07) is 16.7. The van der Waals surface area contributed by atoms with Crippen LogP contribution < -0.4 is 0 Å². The van der Waals surface area contributed by atoms with Crippen molar-refractivity contribution in [3.05, 3.63) is 65.7 Å². The van der Waals surface area contributed by atoms with E-state index in [9.17, 15) is 15.0 Å². The van der Waals surface area contributed by atoms with E-state index in [4.69, 9.17) is 0 Å². The Hall–Kier alpha value is -2.17. The second-order valence-corrected chi connectivity index (χ2v) is 8.29.